The van der Waals surface area contributed by atoms with Crippen LogP contribution in [0.1, 0.15) is 14.5 Å². The number of ether oxygens (including phenoxy) is 1. The van der Waals surface area contributed by atoms with Gasteiger partial charge in [0.15, 0.2) is 11.4 Å². The van der Waals surface area contributed by atoms with Gasteiger partial charge in [0.2, 0.25) is 5.95 Å². The van der Waals surface area contributed by atoms with Crippen LogP contribution in [0.4, 0.5) is 5.95 Å². The number of thiophene rings is 2. The summed E-state index contributed by atoms with van der Waals surface area (Å²) in [5.41, 5.74) is 7.12. The van der Waals surface area contributed by atoms with Crippen molar-refractivity contribution in [2.24, 2.45) is 0 Å². The average molecular weight is 423 g/mol. The molecule has 3 N–H and O–H groups in total. The summed E-state index contributed by atoms with van der Waals surface area (Å²) in [6, 6.07) is 10.9. The summed E-state index contributed by atoms with van der Waals surface area (Å²) < 4.78 is 7.62. The quantitative estimate of drug-likeness (QED) is 0.505. The summed E-state index contributed by atoms with van der Waals surface area (Å²) >= 11 is 8.72. The van der Waals surface area contributed by atoms with Crippen molar-refractivity contribution in [3.8, 4) is 16.3 Å². The van der Waals surface area contributed by atoms with Gasteiger partial charge in [-0.2, -0.15) is 4.98 Å². The Morgan fingerprint density at radius 3 is 2.52 bits per heavy atom. The van der Waals surface area contributed by atoms with Gasteiger partial charge in [0.25, 0.3) is 0 Å². The Morgan fingerprint density at radius 1 is 1.22 bits per heavy atom. The zero-order valence-corrected chi connectivity index (χ0v) is 16.7. The van der Waals surface area contributed by atoms with E-state index in [1.54, 1.807) is 23.8 Å². The fraction of sp³-hybridized carbons (Fsp3) is 0.118. The molecule has 0 fully saturated rings. The highest BCUT2D eigenvalue weighted by atomic mass is 35.5. The second-order valence-corrected chi connectivity index (χ2v) is 8.31. The number of nitrogens with two attached hydrogens (primary N) is 1. The maximum Gasteiger partial charge on any atom is 0.345 e. The van der Waals surface area contributed by atoms with Crippen LogP contribution >= 0.6 is 34.3 Å². The molecular weight excluding hydrogens is 408 g/mol. The number of aromatic carboxylic acids is 1. The van der Waals surface area contributed by atoms with E-state index in [1.165, 1.54) is 22.7 Å². The van der Waals surface area contributed by atoms with Gasteiger partial charge in [-0.15, -0.1) is 27.8 Å². The number of carboxylic acids is 1. The van der Waals surface area contributed by atoms with E-state index in [2.05, 4.69) is 10.1 Å². The lowest BCUT2D eigenvalue weighted by atomic mass is 10.3. The van der Waals surface area contributed by atoms with Gasteiger partial charge < -0.3 is 15.6 Å². The molecule has 140 valence electrons. The number of hydrogen-bond acceptors (Lipinski definition) is 7. The minimum Gasteiger partial charge on any atom is -0.493 e. The third-order valence-electron chi connectivity index (χ3n) is 3.46. The third kappa shape index (κ3) is 4.21. The number of nitrogens with zero attached hydrogens (tertiary/aromatic N) is 3. The van der Waals surface area contributed by atoms with Crippen molar-refractivity contribution in [3.63, 3.8) is 0 Å². The summed E-state index contributed by atoms with van der Waals surface area (Å²) in [4.78, 5) is 16.8. The molecule has 4 aromatic rings. The van der Waals surface area contributed by atoms with E-state index < -0.39 is 5.97 Å². The number of methoxy groups -OCH3 is 1. The molecule has 0 saturated heterocycles. The number of halogens is 1. The highest BCUT2D eigenvalue weighted by Crippen LogP contribution is 2.33. The first-order valence-corrected chi connectivity index (χ1v) is 9.65. The maximum atomic E-state index is 10.2. The van der Waals surface area contributed by atoms with Gasteiger partial charge in [0.05, 0.1) is 22.0 Å². The Hall–Kier alpha value is -2.62. The monoisotopic (exact) mass is 422 g/mol. The molecule has 0 aliphatic carbocycles. The van der Waals surface area contributed by atoms with Gasteiger partial charge in [0.1, 0.15) is 4.88 Å². The van der Waals surface area contributed by atoms with Gasteiger partial charge in [-0.3, -0.25) is 0 Å². The molecule has 0 spiro atoms. The largest absolute Gasteiger partial charge is 0.493 e. The summed E-state index contributed by atoms with van der Waals surface area (Å²) in [6.45, 7) is 1.89. The van der Waals surface area contributed by atoms with Crippen molar-refractivity contribution in [3.05, 3.63) is 50.5 Å². The van der Waals surface area contributed by atoms with Gasteiger partial charge in [-0.25, -0.2) is 9.31 Å². The average Bonchev–Trinajstić information content (AvgIpc) is 3.34. The summed E-state index contributed by atoms with van der Waals surface area (Å²) in [7, 11) is 1.59. The van der Waals surface area contributed by atoms with E-state index in [1.807, 2.05) is 31.2 Å². The minimum absolute atomic E-state index is 0.211. The molecule has 4 heterocycles. The molecule has 0 unspecified atom stereocenters. The zero-order valence-electron chi connectivity index (χ0n) is 14.3. The first-order chi connectivity index (χ1) is 12.9. The smallest absolute Gasteiger partial charge is 0.345 e. The highest BCUT2D eigenvalue weighted by Gasteiger charge is 2.13. The van der Waals surface area contributed by atoms with E-state index in [4.69, 9.17) is 27.2 Å². The van der Waals surface area contributed by atoms with Crippen LogP contribution in [0.25, 0.3) is 16.2 Å². The molecule has 0 bridgehead atoms. The summed E-state index contributed by atoms with van der Waals surface area (Å²) in [6.07, 6.45) is 0. The predicted octanol–water partition coefficient (Wildman–Crippen LogP) is 4.46. The lowest BCUT2D eigenvalue weighted by molar-refractivity contribution is 0.0702. The van der Waals surface area contributed by atoms with Crippen LogP contribution in [0.5, 0.6) is 5.75 Å². The van der Waals surface area contributed by atoms with Crippen LogP contribution < -0.4 is 10.5 Å². The Labute approximate surface area is 167 Å². The van der Waals surface area contributed by atoms with E-state index >= 15 is 0 Å². The van der Waals surface area contributed by atoms with Gasteiger partial charge in [-0.05, 0) is 43.3 Å². The summed E-state index contributed by atoms with van der Waals surface area (Å²) in [5, 5.41) is 12.6. The number of pyridine rings is 1. The second-order valence-electron chi connectivity index (χ2n) is 5.31. The first-order valence-electron chi connectivity index (χ1n) is 7.63. The van der Waals surface area contributed by atoms with Crippen LogP contribution in [-0.2, 0) is 0 Å². The lowest BCUT2D eigenvalue weighted by Crippen LogP contribution is -1.96. The number of hydrogen-bond donors (Lipinski definition) is 2. The number of aromatic nitrogens is 3. The molecule has 4 aromatic heterocycles. The number of anilines is 1. The van der Waals surface area contributed by atoms with E-state index in [0.29, 0.717) is 16.3 Å². The molecule has 0 amide bonds. The van der Waals surface area contributed by atoms with E-state index in [9.17, 15) is 4.79 Å². The van der Waals surface area contributed by atoms with Crippen molar-refractivity contribution < 1.29 is 14.6 Å². The van der Waals surface area contributed by atoms with Gasteiger partial charge in [0, 0.05) is 4.88 Å². The first kappa shape index (κ1) is 19.2. The molecule has 10 heteroatoms. The zero-order chi connectivity index (χ0) is 19.6. The molecule has 0 radical (unpaired) electrons. The van der Waals surface area contributed by atoms with Crippen molar-refractivity contribution in [1.82, 2.24) is 14.6 Å². The Kier molecular flexibility index (Phi) is 5.64. The van der Waals surface area contributed by atoms with Crippen LogP contribution in [0, 0.1) is 6.92 Å². The molecule has 0 aliphatic rings. The van der Waals surface area contributed by atoms with Crippen molar-refractivity contribution in [2.75, 3.05) is 12.8 Å². The number of fused-ring (bicyclic) bond motifs is 1. The van der Waals surface area contributed by atoms with Gasteiger partial charge >= 0.3 is 5.97 Å². The highest BCUT2D eigenvalue weighted by molar-refractivity contribution is 7.19. The van der Waals surface area contributed by atoms with E-state index in [0.717, 1.165) is 19.8 Å². The van der Waals surface area contributed by atoms with Crippen molar-refractivity contribution in [2.45, 2.75) is 6.92 Å². The molecule has 7 nitrogen and oxygen atoms in total. The SMILES string of the molecule is COc1ccc(-c2ccc(Cl)s2)n2nc(N)nc12.Cc1ccc(C(=O)O)s1. The van der Waals surface area contributed by atoms with E-state index in [-0.39, 0.29) is 5.95 Å². The second kappa shape index (κ2) is 7.95. The van der Waals surface area contributed by atoms with Crippen molar-refractivity contribution in [1.29, 1.82) is 0 Å². The minimum atomic E-state index is -0.840. The van der Waals surface area contributed by atoms with Crippen LogP contribution in [-0.4, -0.2) is 32.8 Å². The third-order valence-corrected chi connectivity index (χ3v) is 5.70. The lowest BCUT2D eigenvalue weighted by Gasteiger charge is -2.05. The Morgan fingerprint density at radius 2 is 2.00 bits per heavy atom. The van der Waals surface area contributed by atoms with Crippen LogP contribution in [0.3, 0.4) is 0 Å². The molecular formula is C17H15ClN4O3S2. The van der Waals surface area contributed by atoms with Crippen LogP contribution in [0.2, 0.25) is 4.34 Å². The molecule has 0 saturated carbocycles. The normalized spacial score (nSPS) is 10.5. The number of aryl methyl sites for hydroxylation is 1. The molecule has 0 atom stereocenters. The fourth-order valence-electron chi connectivity index (χ4n) is 2.30. The standard InChI is InChI=1S/C11H9ClN4OS.C6H6O2S/c1-17-7-3-2-6(8-4-5-9(12)18-8)16-10(7)14-11(13)15-16;1-4-2-3-5(9-4)6(7)8/h2-5H,1H3,(H2,13,15);2-3H,1H3,(H,7,8). The topological polar surface area (TPSA) is 103 Å². The maximum absolute atomic E-state index is 10.2. The molecule has 0 aromatic carbocycles. The van der Waals surface area contributed by atoms with Gasteiger partial charge in [-0.1, -0.05) is 11.6 Å². The molecule has 4 rings (SSSR count). The summed E-state index contributed by atoms with van der Waals surface area (Å²) in [5.74, 6) is 0.00195. The Bertz CT molecular complexity index is 1100. The number of nitrogen functional groups attached to an aromatic ring is 1. The van der Waals surface area contributed by atoms with Crippen LogP contribution in [0.15, 0.2) is 36.4 Å². The fourth-order valence-corrected chi connectivity index (χ4v) is 4.06. The Balaban J connectivity index is 0.000000197. The molecule has 0 aliphatic heterocycles. The molecule has 27 heavy (non-hydrogen) atoms. The number of carbonyl (C=O) groups is 1. The number of rotatable bonds is 3. The predicted molar refractivity (Wildman–Crippen MR) is 108 cm³/mol. The van der Waals surface area contributed by atoms with Crippen molar-refractivity contribution >= 4 is 51.8 Å². The number of carboxylic acid groups (broad SMARTS) is 1.